The quantitative estimate of drug-likeness (QED) is 0.337. The third kappa shape index (κ3) is 8.59. The number of nitrogens with two attached hydrogens (primary N) is 2. The Morgan fingerprint density at radius 1 is 0.591 bits per heavy atom. The Bertz CT molecular complexity index is 244. The van der Waals surface area contributed by atoms with Crippen LogP contribution in [0.4, 0.5) is 4.79 Å². The van der Waals surface area contributed by atoms with Crippen molar-refractivity contribution in [1.29, 1.82) is 0 Å². The van der Waals surface area contributed by atoms with Gasteiger partial charge in [0.1, 0.15) is 0 Å². The summed E-state index contributed by atoms with van der Waals surface area (Å²) in [7, 11) is 0. The van der Waals surface area contributed by atoms with E-state index < -0.39 is 6.03 Å². The van der Waals surface area contributed by atoms with E-state index in [9.17, 15) is 4.79 Å². The van der Waals surface area contributed by atoms with E-state index in [1.807, 2.05) is 0 Å². The lowest BCUT2D eigenvalue weighted by molar-refractivity contribution is 0.221. The zero-order chi connectivity index (χ0) is 16.0. The zero-order valence-electron chi connectivity index (χ0n) is 14.1. The van der Waals surface area contributed by atoms with Gasteiger partial charge in [-0.1, -0.05) is 89.9 Å². The van der Waals surface area contributed by atoms with Gasteiger partial charge in [0.25, 0.3) is 0 Å². The average molecular weight is 313 g/mol. The molecular formula is C17H36N4O. The Hall–Kier alpha value is -0.810. The van der Waals surface area contributed by atoms with Crippen LogP contribution in [0.3, 0.4) is 0 Å². The summed E-state index contributed by atoms with van der Waals surface area (Å²) in [6, 6.07) is -0.602. The minimum Gasteiger partial charge on any atom is -0.275 e. The summed E-state index contributed by atoms with van der Waals surface area (Å²) in [5, 5.41) is 0. The molecule has 2 aliphatic rings. The molecule has 5 heteroatoms. The van der Waals surface area contributed by atoms with Crippen molar-refractivity contribution in [2.75, 3.05) is 0 Å². The first-order valence-electron chi connectivity index (χ1n) is 9.25. The summed E-state index contributed by atoms with van der Waals surface area (Å²) < 4.78 is 0. The third-order valence-corrected chi connectivity index (χ3v) is 5.23. The summed E-state index contributed by atoms with van der Waals surface area (Å²) in [5.74, 6) is 11.3. The van der Waals surface area contributed by atoms with Crippen LogP contribution in [0, 0.1) is 11.8 Å². The molecule has 0 aromatic heterocycles. The molecule has 2 amide bonds. The summed E-state index contributed by atoms with van der Waals surface area (Å²) in [6.45, 7) is 0. The first-order chi connectivity index (χ1) is 10.8. The van der Waals surface area contributed by atoms with Crippen molar-refractivity contribution in [1.82, 2.24) is 10.9 Å². The second-order valence-electron chi connectivity index (χ2n) is 6.83. The number of hydrogen-bond acceptors (Lipinski definition) is 3. The van der Waals surface area contributed by atoms with Gasteiger partial charge < -0.3 is 0 Å². The van der Waals surface area contributed by atoms with Crippen molar-refractivity contribution in [3.05, 3.63) is 0 Å². The van der Waals surface area contributed by atoms with Crippen LogP contribution >= 0.6 is 0 Å². The van der Waals surface area contributed by atoms with Crippen molar-refractivity contribution in [3.63, 3.8) is 0 Å². The van der Waals surface area contributed by atoms with E-state index in [-0.39, 0.29) is 0 Å². The van der Waals surface area contributed by atoms with Gasteiger partial charge in [0.05, 0.1) is 0 Å². The summed E-state index contributed by atoms with van der Waals surface area (Å²) >= 11 is 0. The molecule has 0 radical (unpaired) electrons. The number of amides is 2. The van der Waals surface area contributed by atoms with E-state index in [1.165, 1.54) is 64.2 Å². The lowest BCUT2D eigenvalue weighted by Crippen LogP contribution is -2.43. The SMILES string of the molecule is C1CCCC(C2CCCCCCC2)CCC1.NNC(=O)NN. The van der Waals surface area contributed by atoms with Crippen LogP contribution in [0.2, 0.25) is 0 Å². The Kier molecular flexibility index (Phi) is 11.1. The average Bonchev–Trinajstić information content (AvgIpc) is 2.47. The molecule has 2 aliphatic carbocycles. The number of urea groups is 1. The predicted molar refractivity (Wildman–Crippen MR) is 91.7 cm³/mol. The summed E-state index contributed by atoms with van der Waals surface area (Å²) in [5.41, 5.74) is 3.48. The Morgan fingerprint density at radius 2 is 0.864 bits per heavy atom. The van der Waals surface area contributed by atoms with Crippen molar-refractivity contribution in [2.45, 2.75) is 89.9 Å². The molecule has 6 N–H and O–H groups in total. The molecule has 0 unspecified atom stereocenters. The van der Waals surface area contributed by atoms with E-state index in [1.54, 1.807) is 36.5 Å². The van der Waals surface area contributed by atoms with Crippen LogP contribution in [-0.4, -0.2) is 6.03 Å². The zero-order valence-corrected chi connectivity index (χ0v) is 14.1. The number of carbonyl (C=O) groups excluding carboxylic acids is 1. The van der Waals surface area contributed by atoms with E-state index in [0.717, 1.165) is 11.8 Å². The predicted octanol–water partition coefficient (Wildman–Crippen LogP) is 3.74. The van der Waals surface area contributed by atoms with E-state index in [4.69, 9.17) is 0 Å². The highest BCUT2D eigenvalue weighted by Crippen LogP contribution is 2.35. The third-order valence-electron chi connectivity index (χ3n) is 5.23. The van der Waals surface area contributed by atoms with Crippen molar-refractivity contribution >= 4 is 6.03 Å². The summed E-state index contributed by atoms with van der Waals surface area (Å²) in [6.07, 6.45) is 21.4. The monoisotopic (exact) mass is 312 g/mol. The van der Waals surface area contributed by atoms with Gasteiger partial charge in [0.2, 0.25) is 0 Å². The highest BCUT2D eigenvalue weighted by molar-refractivity contribution is 5.72. The molecule has 0 saturated heterocycles. The van der Waals surface area contributed by atoms with Gasteiger partial charge in [-0.25, -0.2) is 16.5 Å². The minimum atomic E-state index is -0.602. The first kappa shape index (κ1) is 19.2. The molecule has 0 bridgehead atoms. The van der Waals surface area contributed by atoms with Gasteiger partial charge in [0, 0.05) is 0 Å². The molecule has 0 aromatic rings. The maximum atomic E-state index is 9.71. The van der Waals surface area contributed by atoms with E-state index >= 15 is 0 Å². The highest BCUT2D eigenvalue weighted by Gasteiger charge is 2.22. The number of hydrogen-bond donors (Lipinski definition) is 4. The molecule has 0 aliphatic heterocycles. The number of rotatable bonds is 1. The molecule has 2 rings (SSSR count). The fourth-order valence-corrected chi connectivity index (χ4v) is 3.96. The molecule has 130 valence electrons. The second-order valence-corrected chi connectivity index (χ2v) is 6.83. The topological polar surface area (TPSA) is 93.2 Å². The van der Waals surface area contributed by atoms with Gasteiger partial charge in [-0.2, -0.15) is 0 Å². The minimum absolute atomic E-state index is 0.602. The number of hydrazine groups is 2. The molecule has 0 atom stereocenters. The van der Waals surface area contributed by atoms with Crippen LogP contribution in [-0.2, 0) is 0 Å². The molecule has 0 spiro atoms. The van der Waals surface area contributed by atoms with Crippen LogP contribution in [0.1, 0.15) is 89.9 Å². The second kappa shape index (κ2) is 12.7. The Balaban J connectivity index is 0.000000346. The van der Waals surface area contributed by atoms with Crippen LogP contribution in [0.15, 0.2) is 0 Å². The molecule has 2 fully saturated rings. The van der Waals surface area contributed by atoms with Crippen molar-refractivity contribution < 1.29 is 4.79 Å². The maximum absolute atomic E-state index is 9.71. The van der Waals surface area contributed by atoms with Gasteiger partial charge in [-0.05, 0) is 11.8 Å². The Labute approximate surface area is 135 Å². The lowest BCUT2D eigenvalue weighted by Gasteiger charge is -2.30. The van der Waals surface area contributed by atoms with Crippen LogP contribution < -0.4 is 22.5 Å². The molecule has 0 heterocycles. The lowest BCUT2D eigenvalue weighted by atomic mass is 9.76. The summed E-state index contributed by atoms with van der Waals surface area (Å²) in [4.78, 5) is 9.71. The smallest absolute Gasteiger partial charge is 0.275 e. The fraction of sp³-hybridized carbons (Fsp3) is 0.941. The maximum Gasteiger partial charge on any atom is 0.343 e. The van der Waals surface area contributed by atoms with Crippen molar-refractivity contribution in [2.24, 2.45) is 23.5 Å². The largest absolute Gasteiger partial charge is 0.343 e. The standard InChI is InChI=1S/C16H30.CH6N4O/c1-3-7-11-15(12-8-4-1)16-13-9-5-2-6-10-14-16;2-4-1(6)5-3/h15-16H,1-14H2;2-3H2,(H2,4,5,6). The van der Waals surface area contributed by atoms with Gasteiger partial charge >= 0.3 is 6.03 Å². The van der Waals surface area contributed by atoms with Gasteiger partial charge in [0.15, 0.2) is 0 Å². The normalized spacial score (nSPS) is 22.1. The Morgan fingerprint density at radius 3 is 1.09 bits per heavy atom. The number of nitrogens with one attached hydrogen (secondary N) is 2. The van der Waals surface area contributed by atoms with E-state index in [0.29, 0.717) is 0 Å². The molecule has 0 aromatic carbocycles. The number of carbonyl (C=O) groups is 1. The van der Waals surface area contributed by atoms with Crippen LogP contribution in [0.5, 0.6) is 0 Å². The fourth-order valence-electron chi connectivity index (χ4n) is 3.96. The molecule has 5 nitrogen and oxygen atoms in total. The van der Waals surface area contributed by atoms with Gasteiger partial charge in [-0.3, -0.25) is 10.9 Å². The molecule has 22 heavy (non-hydrogen) atoms. The van der Waals surface area contributed by atoms with E-state index in [2.05, 4.69) is 11.7 Å². The van der Waals surface area contributed by atoms with Crippen LogP contribution in [0.25, 0.3) is 0 Å². The molecule has 2 saturated carbocycles. The first-order valence-corrected chi connectivity index (χ1v) is 9.25. The van der Waals surface area contributed by atoms with Crippen molar-refractivity contribution in [3.8, 4) is 0 Å². The molecular weight excluding hydrogens is 276 g/mol. The highest BCUT2D eigenvalue weighted by atomic mass is 16.2. The van der Waals surface area contributed by atoms with Gasteiger partial charge in [-0.15, -0.1) is 0 Å².